The molecule has 0 amide bonds. The van der Waals surface area contributed by atoms with Crippen LogP contribution >= 0.6 is 22.9 Å². The molecule has 1 nitrogen and oxygen atoms in total. The van der Waals surface area contributed by atoms with Gasteiger partial charge in [0.1, 0.15) is 0 Å². The van der Waals surface area contributed by atoms with Crippen LogP contribution in [0.1, 0.15) is 55.9 Å². The lowest BCUT2D eigenvalue weighted by Crippen LogP contribution is -2.30. The van der Waals surface area contributed by atoms with E-state index in [2.05, 4.69) is 0 Å². The standard InChI is InChI=1S/C15H21ClOS/c16-13-7-8-18-15(13)14(17)12-6-5-10-3-1-2-4-11(10)9-12/h7-8,10-12,14,17H,1-6,9H2. The lowest BCUT2D eigenvalue weighted by Gasteiger charge is -2.40. The number of fused-ring (bicyclic) bond motifs is 1. The minimum absolute atomic E-state index is 0.333. The second-order valence-corrected chi connectivity index (χ2v) is 7.31. The molecule has 18 heavy (non-hydrogen) atoms. The molecule has 1 aromatic rings. The van der Waals surface area contributed by atoms with Gasteiger partial charge in [0.2, 0.25) is 0 Å². The highest BCUT2D eigenvalue weighted by molar-refractivity contribution is 7.10. The Hall–Kier alpha value is -0.0500. The van der Waals surface area contributed by atoms with Crippen molar-refractivity contribution in [3.8, 4) is 0 Å². The van der Waals surface area contributed by atoms with Gasteiger partial charge in [-0.2, -0.15) is 0 Å². The van der Waals surface area contributed by atoms with Crippen LogP contribution in [0.3, 0.4) is 0 Å². The van der Waals surface area contributed by atoms with E-state index in [4.69, 9.17) is 11.6 Å². The summed E-state index contributed by atoms with van der Waals surface area (Å²) in [6.45, 7) is 0. The molecule has 0 saturated heterocycles. The molecule has 1 aromatic heterocycles. The predicted octanol–water partition coefficient (Wildman–Crippen LogP) is 5.04. The Kier molecular flexibility index (Phi) is 3.97. The van der Waals surface area contributed by atoms with Crippen molar-refractivity contribution in [2.45, 2.75) is 51.0 Å². The Labute approximate surface area is 118 Å². The van der Waals surface area contributed by atoms with E-state index in [1.165, 1.54) is 44.9 Å². The molecule has 3 rings (SSSR count). The first-order valence-electron chi connectivity index (χ1n) is 7.16. The summed E-state index contributed by atoms with van der Waals surface area (Å²) < 4.78 is 0. The third-order valence-corrected chi connectivity index (χ3v) is 6.37. The van der Waals surface area contributed by atoms with Crippen LogP contribution in [0.15, 0.2) is 11.4 Å². The number of aliphatic hydroxyl groups is 1. The molecule has 4 atom stereocenters. The summed E-state index contributed by atoms with van der Waals surface area (Å²) in [6.07, 6.45) is 8.99. The maximum Gasteiger partial charge on any atom is 0.0925 e. The van der Waals surface area contributed by atoms with E-state index in [-0.39, 0.29) is 6.10 Å². The van der Waals surface area contributed by atoms with Crippen molar-refractivity contribution in [2.75, 3.05) is 0 Å². The fraction of sp³-hybridized carbons (Fsp3) is 0.733. The zero-order valence-electron chi connectivity index (χ0n) is 10.6. The third kappa shape index (κ3) is 2.48. The summed E-state index contributed by atoms with van der Waals surface area (Å²) in [5, 5.41) is 13.3. The number of rotatable bonds is 2. The van der Waals surface area contributed by atoms with Crippen LogP contribution in [0, 0.1) is 17.8 Å². The zero-order chi connectivity index (χ0) is 12.5. The molecule has 0 aromatic carbocycles. The van der Waals surface area contributed by atoms with Crippen LogP contribution in [0.5, 0.6) is 0 Å². The van der Waals surface area contributed by atoms with Gasteiger partial charge in [-0.3, -0.25) is 0 Å². The maximum atomic E-state index is 10.5. The van der Waals surface area contributed by atoms with E-state index in [0.29, 0.717) is 5.92 Å². The number of hydrogen-bond donors (Lipinski definition) is 1. The topological polar surface area (TPSA) is 20.2 Å². The van der Waals surface area contributed by atoms with Crippen LogP contribution in [-0.4, -0.2) is 5.11 Å². The quantitative estimate of drug-likeness (QED) is 0.806. The Morgan fingerprint density at radius 1 is 1.17 bits per heavy atom. The average Bonchev–Trinajstić information content (AvgIpc) is 2.83. The second-order valence-electron chi connectivity index (χ2n) is 5.96. The largest absolute Gasteiger partial charge is 0.387 e. The number of thiophene rings is 1. The molecule has 0 spiro atoms. The summed E-state index contributed by atoms with van der Waals surface area (Å²) >= 11 is 7.74. The van der Waals surface area contributed by atoms with E-state index in [1.807, 2.05) is 11.4 Å². The van der Waals surface area contributed by atoms with Crippen LogP contribution in [0.4, 0.5) is 0 Å². The van der Waals surface area contributed by atoms with Gasteiger partial charge in [-0.05, 0) is 48.5 Å². The maximum absolute atomic E-state index is 10.5. The Morgan fingerprint density at radius 3 is 2.67 bits per heavy atom. The monoisotopic (exact) mass is 284 g/mol. The minimum atomic E-state index is -0.333. The number of aliphatic hydroxyl groups excluding tert-OH is 1. The Bertz CT molecular complexity index is 403. The highest BCUT2D eigenvalue weighted by Gasteiger charge is 2.36. The molecular weight excluding hydrogens is 264 g/mol. The van der Waals surface area contributed by atoms with Gasteiger partial charge >= 0.3 is 0 Å². The van der Waals surface area contributed by atoms with Crippen molar-refractivity contribution in [3.63, 3.8) is 0 Å². The van der Waals surface area contributed by atoms with Gasteiger partial charge < -0.3 is 5.11 Å². The highest BCUT2D eigenvalue weighted by atomic mass is 35.5. The van der Waals surface area contributed by atoms with E-state index in [1.54, 1.807) is 11.3 Å². The van der Waals surface area contributed by atoms with Gasteiger partial charge in [-0.25, -0.2) is 0 Å². The molecular formula is C15H21ClOS. The van der Waals surface area contributed by atoms with Crippen molar-refractivity contribution in [1.82, 2.24) is 0 Å². The van der Waals surface area contributed by atoms with Crippen molar-refractivity contribution in [1.29, 1.82) is 0 Å². The first-order chi connectivity index (χ1) is 8.75. The average molecular weight is 285 g/mol. The van der Waals surface area contributed by atoms with E-state index < -0.39 is 0 Å². The Morgan fingerprint density at radius 2 is 1.94 bits per heavy atom. The molecule has 3 heteroatoms. The normalized spacial score (nSPS) is 34.0. The summed E-state index contributed by atoms with van der Waals surface area (Å²) in [5.41, 5.74) is 0. The first kappa shape index (κ1) is 13.0. The summed E-state index contributed by atoms with van der Waals surface area (Å²) in [4.78, 5) is 0.982. The molecule has 0 radical (unpaired) electrons. The highest BCUT2D eigenvalue weighted by Crippen LogP contribution is 2.47. The van der Waals surface area contributed by atoms with Crippen molar-refractivity contribution >= 4 is 22.9 Å². The summed E-state index contributed by atoms with van der Waals surface area (Å²) in [7, 11) is 0. The van der Waals surface area contributed by atoms with Crippen LogP contribution in [-0.2, 0) is 0 Å². The van der Waals surface area contributed by atoms with E-state index >= 15 is 0 Å². The number of hydrogen-bond acceptors (Lipinski definition) is 2. The van der Waals surface area contributed by atoms with Crippen LogP contribution in [0.25, 0.3) is 0 Å². The first-order valence-corrected chi connectivity index (χ1v) is 8.42. The van der Waals surface area contributed by atoms with Gasteiger partial charge in [0.25, 0.3) is 0 Å². The fourth-order valence-electron chi connectivity index (χ4n) is 3.93. The lowest BCUT2D eigenvalue weighted by molar-refractivity contribution is 0.0369. The Balaban J connectivity index is 1.68. The third-order valence-electron chi connectivity index (χ3n) is 4.94. The van der Waals surface area contributed by atoms with Gasteiger partial charge in [-0.15, -0.1) is 11.3 Å². The second kappa shape index (κ2) is 5.52. The van der Waals surface area contributed by atoms with E-state index in [9.17, 15) is 5.11 Å². The molecule has 1 heterocycles. The lowest BCUT2D eigenvalue weighted by atomic mass is 9.66. The van der Waals surface area contributed by atoms with Crippen LogP contribution in [0.2, 0.25) is 5.02 Å². The molecule has 2 saturated carbocycles. The zero-order valence-corrected chi connectivity index (χ0v) is 12.2. The van der Waals surface area contributed by atoms with Crippen LogP contribution < -0.4 is 0 Å². The summed E-state index contributed by atoms with van der Waals surface area (Å²) in [5.74, 6) is 2.24. The molecule has 0 aliphatic heterocycles. The molecule has 2 fully saturated rings. The van der Waals surface area contributed by atoms with Gasteiger partial charge in [0.15, 0.2) is 0 Å². The number of halogens is 1. The van der Waals surface area contributed by atoms with Crippen molar-refractivity contribution in [2.24, 2.45) is 17.8 Å². The molecule has 2 aliphatic carbocycles. The van der Waals surface area contributed by atoms with Gasteiger partial charge in [0, 0.05) is 0 Å². The molecule has 2 aliphatic rings. The molecule has 0 bridgehead atoms. The predicted molar refractivity (Wildman–Crippen MR) is 77.1 cm³/mol. The smallest absolute Gasteiger partial charge is 0.0925 e. The van der Waals surface area contributed by atoms with Crippen molar-refractivity contribution in [3.05, 3.63) is 21.3 Å². The van der Waals surface area contributed by atoms with E-state index in [0.717, 1.165) is 21.7 Å². The minimum Gasteiger partial charge on any atom is -0.387 e. The fourth-order valence-corrected chi connectivity index (χ4v) is 5.17. The molecule has 100 valence electrons. The van der Waals surface area contributed by atoms with Gasteiger partial charge in [0.05, 0.1) is 16.0 Å². The summed E-state index contributed by atoms with van der Waals surface area (Å²) in [6, 6.07) is 1.90. The van der Waals surface area contributed by atoms with Crippen molar-refractivity contribution < 1.29 is 5.11 Å². The van der Waals surface area contributed by atoms with Gasteiger partial charge in [-0.1, -0.05) is 37.3 Å². The SMILES string of the molecule is OC(c1sccc1Cl)C1CCC2CCCCC2C1. The molecule has 1 N–H and O–H groups in total. The molecule has 4 unspecified atom stereocenters.